The predicted octanol–water partition coefficient (Wildman–Crippen LogP) is 3.28. The highest BCUT2D eigenvalue weighted by Gasteiger charge is 2.43. The van der Waals surface area contributed by atoms with Gasteiger partial charge < -0.3 is 10.8 Å². The lowest BCUT2D eigenvalue weighted by atomic mass is 9.99. The highest BCUT2D eigenvalue weighted by Crippen LogP contribution is 2.36. The topological polar surface area (TPSA) is 46.2 Å². The van der Waals surface area contributed by atoms with Gasteiger partial charge in [0.15, 0.2) is 6.10 Å². The molecule has 19 heavy (non-hydrogen) atoms. The van der Waals surface area contributed by atoms with Crippen LogP contribution in [0.2, 0.25) is 5.02 Å². The van der Waals surface area contributed by atoms with Crippen LogP contribution in [-0.2, 0) is 6.18 Å². The van der Waals surface area contributed by atoms with Crippen molar-refractivity contribution in [3.8, 4) is 0 Å². The van der Waals surface area contributed by atoms with Crippen molar-refractivity contribution in [3.63, 3.8) is 0 Å². The molecule has 0 aliphatic carbocycles. The summed E-state index contributed by atoms with van der Waals surface area (Å²) in [6.07, 6.45) is -12.8. The summed E-state index contributed by atoms with van der Waals surface area (Å²) in [5.41, 5.74) is 3.29. The first-order valence-electron chi connectivity index (χ1n) is 4.81. The summed E-state index contributed by atoms with van der Waals surface area (Å²) in [4.78, 5) is 0. The molecule has 2 atom stereocenters. The van der Waals surface area contributed by atoms with Crippen molar-refractivity contribution in [2.24, 2.45) is 5.73 Å². The van der Waals surface area contributed by atoms with Crippen LogP contribution in [0.3, 0.4) is 0 Å². The average molecular weight is 308 g/mol. The number of alkyl halides is 6. The maximum Gasteiger partial charge on any atom is 0.416 e. The lowest BCUT2D eigenvalue weighted by molar-refractivity contribution is -0.210. The molecule has 0 fully saturated rings. The minimum Gasteiger partial charge on any atom is -0.382 e. The van der Waals surface area contributed by atoms with Gasteiger partial charge in [-0.1, -0.05) is 11.6 Å². The first kappa shape index (κ1) is 16.1. The number of benzene rings is 1. The molecule has 3 N–H and O–H groups in total. The largest absolute Gasteiger partial charge is 0.416 e. The van der Waals surface area contributed by atoms with E-state index in [0.29, 0.717) is 12.1 Å². The Hall–Kier alpha value is -0.990. The number of aliphatic hydroxyl groups excluding tert-OH is 1. The molecule has 0 bridgehead atoms. The number of hydrogen-bond donors (Lipinski definition) is 2. The molecule has 108 valence electrons. The molecule has 2 nitrogen and oxygen atoms in total. The standard InChI is InChI=1S/C10H8ClF6NO/c11-6-2-1-4(9(12,13)14)3-5(6)7(18)8(19)10(15,16)17/h1-3,7-8,19H,18H2/t7-,8-/m1/s1. The minimum absolute atomic E-state index is 0.385. The second-order valence-corrected chi connectivity index (χ2v) is 4.15. The van der Waals surface area contributed by atoms with Crippen LogP contribution in [0.1, 0.15) is 17.2 Å². The third-order valence-electron chi connectivity index (χ3n) is 2.36. The summed E-state index contributed by atoms with van der Waals surface area (Å²) in [5.74, 6) is 0. The Bertz CT molecular complexity index is 458. The lowest BCUT2D eigenvalue weighted by Crippen LogP contribution is -2.39. The molecule has 1 rings (SSSR count). The first-order chi connectivity index (χ1) is 8.44. The van der Waals surface area contributed by atoms with Crippen molar-refractivity contribution in [3.05, 3.63) is 34.3 Å². The van der Waals surface area contributed by atoms with Crippen LogP contribution in [0.5, 0.6) is 0 Å². The Balaban J connectivity index is 3.20. The Labute approximate surface area is 108 Å². The van der Waals surface area contributed by atoms with Crippen molar-refractivity contribution in [1.82, 2.24) is 0 Å². The van der Waals surface area contributed by atoms with Gasteiger partial charge in [-0.05, 0) is 23.8 Å². The van der Waals surface area contributed by atoms with Crippen LogP contribution in [0.15, 0.2) is 18.2 Å². The number of halogens is 7. The van der Waals surface area contributed by atoms with E-state index >= 15 is 0 Å². The molecule has 0 spiro atoms. The van der Waals surface area contributed by atoms with E-state index in [1.54, 1.807) is 0 Å². The quantitative estimate of drug-likeness (QED) is 0.824. The van der Waals surface area contributed by atoms with Gasteiger partial charge in [-0.15, -0.1) is 0 Å². The third-order valence-corrected chi connectivity index (χ3v) is 2.70. The predicted molar refractivity (Wildman–Crippen MR) is 55.4 cm³/mol. The Kier molecular flexibility index (Phi) is 4.38. The van der Waals surface area contributed by atoms with Gasteiger partial charge in [0.2, 0.25) is 0 Å². The summed E-state index contributed by atoms with van der Waals surface area (Å²) in [6.45, 7) is 0. The van der Waals surface area contributed by atoms with Gasteiger partial charge >= 0.3 is 12.4 Å². The lowest BCUT2D eigenvalue weighted by Gasteiger charge is -2.23. The molecule has 0 unspecified atom stereocenters. The van der Waals surface area contributed by atoms with E-state index in [1.165, 1.54) is 0 Å². The van der Waals surface area contributed by atoms with Gasteiger partial charge in [-0.2, -0.15) is 26.3 Å². The van der Waals surface area contributed by atoms with Crippen LogP contribution >= 0.6 is 11.6 Å². The fourth-order valence-electron chi connectivity index (χ4n) is 1.35. The Morgan fingerprint density at radius 2 is 1.63 bits per heavy atom. The zero-order valence-electron chi connectivity index (χ0n) is 9.06. The maximum atomic E-state index is 12.4. The van der Waals surface area contributed by atoms with Crippen LogP contribution < -0.4 is 5.73 Å². The van der Waals surface area contributed by atoms with Crippen molar-refractivity contribution in [2.45, 2.75) is 24.5 Å². The van der Waals surface area contributed by atoms with Gasteiger partial charge in [0, 0.05) is 5.02 Å². The summed E-state index contributed by atoms with van der Waals surface area (Å²) >= 11 is 5.51. The second-order valence-electron chi connectivity index (χ2n) is 3.75. The smallest absolute Gasteiger partial charge is 0.382 e. The van der Waals surface area contributed by atoms with Crippen molar-refractivity contribution in [1.29, 1.82) is 0 Å². The van der Waals surface area contributed by atoms with E-state index in [0.717, 1.165) is 6.07 Å². The number of aliphatic hydroxyl groups is 1. The number of hydrogen-bond acceptors (Lipinski definition) is 2. The molecular weight excluding hydrogens is 300 g/mol. The molecule has 0 radical (unpaired) electrons. The van der Waals surface area contributed by atoms with Gasteiger partial charge in [0.1, 0.15) is 0 Å². The van der Waals surface area contributed by atoms with Gasteiger partial charge in [0.05, 0.1) is 11.6 Å². The molecule has 0 aliphatic heterocycles. The van der Waals surface area contributed by atoms with Crippen molar-refractivity contribution < 1.29 is 31.4 Å². The molecular formula is C10H8ClF6NO. The molecule has 0 heterocycles. The summed E-state index contributed by atoms with van der Waals surface area (Å²) in [7, 11) is 0. The summed E-state index contributed by atoms with van der Waals surface area (Å²) < 4.78 is 74.1. The van der Waals surface area contributed by atoms with Crippen LogP contribution in [-0.4, -0.2) is 17.4 Å². The average Bonchev–Trinajstić information content (AvgIpc) is 2.25. The Morgan fingerprint density at radius 3 is 2.05 bits per heavy atom. The SMILES string of the molecule is N[C@H](c1cc(C(F)(F)F)ccc1Cl)[C@@H](O)C(F)(F)F. The normalized spacial score (nSPS) is 16.3. The highest BCUT2D eigenvalue weighted by atomic mass is 35.5. The second kappa shape index (κ2) is 5.18. The molecule has 1 aromatic carbocycles. The van der Waals surface area contributed by atoms with Crippen molar-refractivity contribution in [2.75, 3.05) is 0 Å². The monoisotopic (exact) mass is 307 g/mol. The summed E-state index contributed by atoms with van der Waals surface area (Å²) in [5, 5.41) is 8.55. The fourth-order valence-corrected chi connectivity index (χ4v) is 1.59. The third kappa shape index (κ3) is 3.74. The maximum absolute atomic E-state index is 12.4. The van der Waals surface area contributed by atoms with Crippen LogP contribution in [0, 0.1) is 0 Å². The van der Waals surface area contributed by atoms with E-state index < -0.39 is 35.6 Å². The van der Waals surface area contributed by atoms with Crippen LogP contribution in [0.25, 0.3) is 0 Å². The minimum atomic E-state index is -5.06. The van der Waals surface area contributed by atoms with Gasteiger partial charge in [-0.25, -0.2) is 0 Å². The Morgan fingerprint density at radius 1 is 1.11 bits per heavy atom. The van der Waals surface area contributed by atoms with Gasteiger partial charge in [0.25, 0.3) is 0 Å². The van der Waals surface area contributed by atoms with E-state index in [9.17, 15) is 26.3 Å². The zero-order valence-corrected chi connectivity index (χ0v) is 9.81. The molecule has 0 aromatic heterocycles. The van der Waals surface area contributed by atoms with E-state index in [1.807, 2.05) is 0 Å². The highest BCUT2D eigenvalue weighted by molar-refractivity contribution is 6.31. The number of rotatable bonds is 2. The van der Waals surface area contributed by atoms with E-state index in [-0.39, 0.29) is 5.02 Å². The molecule has 0 amide bonds. The van der Waals surface area contributed by atoms with Crippen molar-refractivity contribution >= 4 is 11.6 Å². The van der Waals surface area contributed by atoms with Gasteiger partial charge in [-0.3, -0.25) is 0 Å². The zero-order chi connectivity index (χ0) is 15.0. The first-order valence-corrected chi connectivity index (χ1v) is 5.19. The van der Waals surface area contributed by atoms with E-state index in [2.05, 4.69) is 0 Å². The number of nitrogens with two attached hydrogens (primary N) is 1. The molecule has 1 aromatic rings. The molecule has 0 saturated carbocycles. The molecule has 9 heteroatoms. The van der Waals surface area contributed by atoms with E-state index in [4.69, 9.17) is 22.4 Å². The van der Waals surface area contributed by atoms with Crippen LogP contribution in [0.4, 0.5) is 26.3 Å². The summed E-state index contributed by atoms with van der Waals surface area (Å²) in [6, 6.07) is -0.321. The fraction of sp³-hybridized carbons (Fsp3) is 0.400. The molecule has 0 saturated heterocycles. The molecule has 0 aliphatic rings.